The Bertz CT molecular complexity index is 908. The summed E-state index contributed by atoms with van der Waals surface area (Å²) in [6, 6.07) is 3.47. The Hall–Kier alpha value is -3.03. The first-order valence-corrected chi connectivity index (χ1v) is 6.70. The van der Waals surface area contributed by atoms with Gasteiger partial charge in [-0.15, -0.1) is 0 Å². The topological polar surface area (TPSA) is 68.5 Å². The molecule has 1 amide bonds. The van der Waals surface area contributed by atoms with E-state index in [1.807, 2.05) is 0 Å². The summed E-state index contributed by atoms with van der Waals surface area (Å²) in [6.45, 7) is 3.37. The molecular formula is C15H12F2N4O2. The van der Waals surface area contributed by atoms with Crippen LogP contribution in [0.15, 0.2) is 30.7 Å². The Labute approximate surface area is 129 Å². The van der Waals surface area contributed by atoms with Crippen molar-refractivity contribution in [2.45, 2.75) is 13.8 Å². The molecule has 0 radical (unpaired) electrons. The fourth-order valence-electron chi connectivity index (χ4n) is 2.35. The number of fused-ring (bicyclic) bond motifs is 1. The summed E-state index contributed by atoms with van der Waals surface area (Å²) in [5, 5.41) is 2.19. The molecule has 0 saturated carbocycles. The maximum atomic E-state index is 13.7. The van der Waals surface area contributed by atoms with Crippen LogP contribution in [-0.4, -0.2) is 20.5 Å². The van der Waals surface area contributed by atoms with Crippen LogP contribution in [0.3, 0.4) is 0 Å². The molecule has 0 aromatic carbocycles. The number of hydrogen-bond acceptors (Lipinski definition) is 4. The first kappa shape index (κ1) is 14.9. The molecule has 3 aromatic rings. The van der Waals surface area contributed by atoms with Gasteiger partial charge in [0.2, 0.25) is 0 Å². The molecule has 8 heteroatoms. The summed E-state index contributed by atoms with van der Waals surface area (Å²) in [4.78, 5) is 22.1. The van der Waals surface area contributed by atoms with Crippen LogP contribution in [0, 0.1) is 19.7 Å². The number of aromatic nitrogens is 3. The van der Waals surface area contributed by atoms with Gasteiger partial charge in [-0.3, -0.25) is 10.3 Å². The second-order valence-corrected chi connectivity index (χ2v) is 4.98. The van der Waals surface area contributed by atoms with Gasteiger partial charge in [-0.2, -0.15) is 0 Å². The van der Waals surface area contributed by atoms with Gasteiger partial charge in [0.1, 0.15) is 11.5 Å². The van der Waals surface area contributed by atoms with Gasteiger partial charge in [0.05, 0.1) is 11.9 Å². The standard InChI is InChI=1S/C15H12F2N4O2/c1-8-11(5-18-6-12(8)16)10-3-4-13-19-14(20-15(22)23-17)9(2)21(13)7-10/h3-7H,1-2H3,(H,20,22). The Morgan fingerprint density at radius 3 is 2.83 bits per heavy atom. The van der Waals surface area contributed by atoms with Crippen molar-refractivity contribution in [3.05, 3.63) is 47.8 Å². The maximum absolute atomic E-state index is 13.7. The number of pyridine rings is 2. The molecular weight excluding hydrogens is 306 g/mol. The van der Waals surface area contributed by atoms with Crippen molar-refractivity contribution < 1.29 is 18.7 Å². The van der Waals surface area contributed by atoms with Crippen molar-refractivity contribution in [3.63, 3.8) is 0 Å². The number of aryl methyl sites for hydroxylation is 1. The number of imidazole rings is 1. The summed E-state index contributed by atoms with van der Waals surface area (Å²) in [7, 11) is 0. The summed E-state index contributed by atoms with van der Waals surface area (Å²) < 4.78 is 27.2. The predicted molar refractivity (Wildman–Crippen MR) is 79.1 cm³/mol. The van der Waals surface area contributed by atoms with Gasteiger partial charge >= 0.3 is 6.09 Å². The number of carbonyl (C=O) groups excluding carboxylic acids is 1. The molecule has 1 N–H and O–H groups in total. The van der Waals surface area contributed by atoms with E-state index in [1.54, 1.807) is 42.8 Å². The summed E-state index contributed by atoms with van der Waals surface area (Å²) in [5.74, 6) is -0.211. The zero-order valence-electron chi connectivity index (χ0n) is 12.3. The minimum absolute atomic E-state index is 0.180. The van der Waals surface area contributed by atoms with Crippen molar-refractivity contribution in [1.29, 1.82) is 0 Å². The van der Waals surface area contributed by atoms with E-state index in [4.69, 9.17) is 0 Å². The largest absolute Gasteiger partial charge is 0.450 e. The SMILES string of the molecule is Cc1c(F)cncc1-c1ccc2nc(NC(=O)OF)c(C)n2c1. The van der Waals surface area contributed by atoms with Crippen LogP contribution in [-0.2, 0) is 4.94 Å². The monoisotopic (exact) mass is 318 g/mol. The fourth-order valence-corrected chi connectivity index (χ4v) is 2.35. The first-order chi connectivity index (χ1) is 11.0. The average molecular weight is 318 g/mol. The van der Waals surface area contributed by atoms with Crippen LogP contribution in [0.2, 0.25) is 0 Å². The molecule has 0 unspecified atom stereocenters. The summed E-state index contributed by atoms with van der Waals surface area (Å²) in [6.07, 6.45) is 3.23. The summed E-state index contributed by atoms with van der Waals surface area (Å²) >= 11 is 0. The number of rotatable bonds is 2. The molecule has 0 atom stereocenters. The molecule has 0 aliphatic heterocycles. The Morgan fingerprint density at radius 1 is 1.30 bits per heavy atom. The number of nitrogens with zero attached hydrogens (tertiary/aromatic N) is 3. The lowest BCUT2D eigenvalue weighted by molar-refractivity contribution is -0.0544. The summed E-state index contributed by atoms with van der Waals surface area (Å²) in [5.41, 5.74) is 2.99. The van der Waals surface area contributed by atoms with E-state index in [0.29, 0.717) is 22.5 Å². The Balaban J connectivity index is 2.10. The van der Waals surface area contributed by atoms with Crippen molar-refractivity contribution in [2.24, 2.45) is 0 Å². The van der Waals surface area contributed by atoms with Crippen molar-refractivity contribution >= 4 is 17.6 Å². The number of anilines is 1. The highest BCUT2D eigenvalue weighted by atomic mass is 19.3. The maximum Gasteiger partial charge on any atom is 0.450 e. The lowest BCUT2D eigenvalue weighted by Crippen LogP contribution is -2.10. The normalized spacial score (nSPS) is 10.8. The Morgan fingerprint density at radius 2 is 2.09 bits per heavy atom. The second-order valence-electron chi connectivity index (χ2n) is 4.98. The molecule has 6 nitrogen and oxygen atoms in total. The van der Waals surface area contributed by atoms with Crippen LogP contribution < -0.4 is 5.32 Å². The van der Waals surface area contributed by atoms with Crippen molar-refractivity contribution in [3.8, 4) is 11.1 Å². The molecule has 118 valence electrons. The highest BCUT2D eigenvalue weighted by Gasteiger charge is 2.14. The van der Waals surface area contributed by atoms with Crippen LogP contribution >= 0.6 is 0 Å². The number of halogens is 2. The molecule has 23 heavy (non-hydrogen) atoms. The quantitative estimate of drug-likeness (QED) is 0.784. The number of amides is 1. The van der Waals surface area contributed by atoms with E-state index >= 15 is 0 Å². The van der Waals surface area contributed by atoms with Gasteiger partial charge in [-0.05, 0) is 31.5 Å². The molecule has 3 rings (SSSR count). The van der Waals surface area contributed by atoms with Gasteiger partial charge in [-0.1, -0.05) is 0 Å². The smallest absolute Gasteiger partial charge is 0.301 e. The predicted octanol–water partition coefficient (Wildman–Crippen LogP) is 3.59. The number of hydrogen-bond donors (Lipinski definition) is 1. The first-order valence-electron chi connectivity index (χ1n) is 6.70. The lowest BCUT2D eigenvalue weighted by atomic mass is 10.0. The van der Waals surface area contributed by atoms with Gasteiger partial charge in [0.25, 0.3) is 0 Å². The van der Waals surface area contributed by atoms with Crippen LogP contribution in [0.25, 0.3) is 16.8 Å². The van der Waals surface area contributed by atoms with Gasteiger partial charge in [0, 0.05) is 28.0 Å². The highest BCUT2D eigenvalue weighted by molar-refractivity contribution is 5.84. The highest BCUT2D eigenvalue weighted by Crippen LogP contribution is 2.26. The fraction of sp³-hybridized carbons (Fsp3) is 0.133. The van der Waals surface area contributed by atoms with Crippen LogP contribution in [0.4, 0.5) is 19.5 Å². The van der Waals surface area contributed by atoms with E-state index in [-0.39, 0.29) is 5.82 Å². The number of nitrogens with one attached hydrogen (secondary N) is 1. The van der Waals surface area contributed by atoms with Gasteiger partial charge in [0.15, 0.2) is 5.82 Å². The van der Waals surface area contributed by atoms with E-state index in [1.165, 1.54) is 0 Å². The number of carbonyl (C=O) groups is 1. The van der Waals surface area contributed by atoms with Gasteiger partial charge in [-0.25, -0.2) is 19.1 Å². The van der Waals surface area contributed by atoms with Crippen LogP contribution in [0.5, 0.6) is 0 Å². The molecule has 0 spiro atoms. The van der Waals surface area contributed by atoms with E-state index in [0.717, 1.165) is 11.8 Å². The average Bonchev–Trinajstić information content (AvgIpc) is 2.85. The zero-order chi connectivity index (χ0) is 16.6. The lowest BCUT2D eigenvalue weighted by Gasteiger charge is -2.07. The molecule has 0 bridgehead atoms. The van der Waals surface area contributed by atoms with Crippen LogP contribution in [0.1, 0.15) is 11.3 Å². The molecule has 0 aliphatic rings. The Kier molecular flexibility index (Phi) is 3.65. The van der Waals surface area contributed by atoms with Gasteiger partial charge < -0.3 is 4.40 Å². The molecule has 3 heterocycles. The third kappa shape index (κ3) is 2.59. The molecule has 0 fully saturated rings. The van der Waals surface area contributed by atoms with E-state index in [2.05, 4.69) is 20.2 Å². The third-order valence-electron chi connectivity index (χ3n) is 3.61. The van der Waals surface area contributed by atoms with E-state index < -0.39 is 11.9 Å². The second kappa shape index (κ2) is 5.64. The van der Waals surface area contributed by atoms with Crippen molar-refractivity contribution in [2.75, 3.05) is 5.32 Å². The molecule has 3 aromatic heterocycles. The molecule has 0 saturated heterocycles. The minimum Gasteiger partial charge on any atom is -0.301 e. The van der Waals surface area contributed by atoms with E-state index in [9.17, 15) is 13.7 Å². The molecule has 0 aliphatic carbocycles. The zero-order valence-corrected chi connectivity index (χ0v) is 12.3. The third-order valence-corrected chi connectivity index (χ3v) is 3.61. The van der Waals surface area contributed by atoms with Crippen molar-refractivity contribution in [1.82, 2.24) is 14.4 Å². The minimum atomic E-state index is -1.25.